The Morgan fingerprint density at radius 1 is 0.618 bits per heavy atom. The Balaban J connectivity index is 1.62. The second-order valence-corrected chi connectivity index (χ2v) is 10.0. The number of carbonyl (C=O) groups is 3. The molecule has 0 radical (unpaired) electrons. The lowest BCUT2D eigenvalue weighted by Crippen LogP contribution is -2.40. The van der Waals surface area contributed by atoms with E-state index in [4.69, 9.17) is 0 Å². The third kappa shape index (κ3) is 2.35. The summed E-state index contributed by atoms with van der Waals surface area (Å²) >= 11 is 0. The fraction of sp³-hybridized carbons (Fsp3) is 0.233. The SMILES string of the molecule is Cc1ccc(N2C(=O)[C@@H]3[C@@H](C2=O)[C@@]2(C)C(=O)[C@@]3(C)C(c3ccccc3)=C2c2ccccc2)cc1. The van der Waals surface area contributed by atoms with Crippen LogP contribution in [0.2, 0.25) is 0 Å². The number of carbonyl (C=O) groups excluding carboxylic acids is 3. The van der Waals surface area contributed by atoms with Crippen LogP contribution in [0.5, 0.6) is 0 Å². The topological polar surface area (TPSA) is 54.5 Å². The molecular formula is C30H25NO3. The fourth-order valence-corrected chi connectivity index (χ4v) is 6.76. The second-order valence-electron chi connectivity index (χ2n) is 10.0. The van der Waals surface area contributed by atoms with Crippen molar-refractivity contribution in [3.8, 4) is 0 Å². The fourth-order valence-electron chi connectivity index (χ4n) is 6.76. The first kappa shape index (κ1) is 20.8. The van der Waals surface area contributed by atoms with Crippen LogP contribution in [0.4, 0.5) is 5.69 Å². The molecule has 3 aromatic carbocycles. The number of Topliss-reactive ketones (excluding diaryl/α,β-unsaturated/α-hetero) is 1. The van der Waals surface area contributed by atoms with Crippen molar-refractivity contribution < 1.29 is 14.4 Å². The number of hydrogen-bond acceptors (Lipinski definition) is 3. The number of imide groups is 1. The molecule has 2 aliphatic carbocycles. The molecule has 1 saturated carbocycles. The van der Waals surface area contributed by atoms with Gasteiger partial charge in [0.25, 0.3) is 0 Å². The van der Waals surface area contributed by atoms with Gasteiger partial charge >= 0.3 is 0 Å². The quantitative estimate of drug-likeness (QED) is 0.511. The van der Waals surface area contributed by atoms with Crippen molar-refractivity contribution in [3.63, 3.8) is 0 Å². The minimum atomic E-state index is -1.09. The lowest BCUT2D eigenvalue weighted by atomic mass is 9.63. The molecule has 0 aromatic heterocycles. The molecular weight excluding hydrogens is 422 g/mol. The molecule has 6 rings (SSSR count). The minimum absolute atomic E-state index is 0.0297. The monoisotopic (exact) mass is 447 g/mol. The summed E-state index contributed by atoms with van der Waals surface area (Å²) in [5.74, 6) is -2.03. The van der Waals surface area contributed by atoms with Gasteiger partial charge in [-0.05, 0) is 55.2 Å². The summed E-state index contributed by atoms with van der Waals surface area (Å²) in [6.07, 6.45) is 0. The summed E-state index contributed by atoms with van der Waals surface area (Å²) in [6.45, 7) is 5.72. The van der Waals surface area contributed by atoms with E-state index in [-0.39, 0.29) is 17.6 Å². The molecule has 0 N–H and O–H groups in total. The maximum absolute atomic E-state index is 14.2. The molecule has 4 atom stereocenters. The van der Waals surface area contributed by atoms with Gasteiger partial charge in [0.15, 0.2) is 5.78 Å². The molecule has 1 heterocycles. The Hall–Kier alpha value is -3.79. The Bertz CT molecular complexity index is 1310. The Morgan fingerprint density at radius 3 is 1.44 bits per heavy atom. The zero-order chi connectivity index (χ0) is 23.8. The van der Waals surface area contributed by atoms with Crippen LogP contribution < -0.4 is 4.90 Å². The van der Waals surface area contributed by atoms with E-state index in [9.17, 15) is 14.4 Å². The van der Waals surface area contributed by atoms with E-state index in [2.05, 4.69) is 0 Å². The minimum Gasteiger partial charge on any atom is -0.298 e. The lowest BCUT2D eigenvalue weighted by molar-refractivity contribution is -0.133. The smallest absolute Gasteiger partial charge is 0.239 e. The molecule has 1 aliphatic heterocycles. The van der Waals surface area contributed by atoms with Gasteiger partial charge in [0.1, 0.15) is 0 Å². The number of rotatable bonds is 3. The molecule has 1 saturated heterocycles. The van der Waals surface area contributed by atoms with Crippen LogP contribution >= 0.6 is 0 Å². The summed E-state index contributed by atoms with van der Waals surface area (Å²) in [7, 11) is 0. The zero-order valence-electron chi connectivity index (χ0n) is 19.4. The molecule has 0 unspecified atom stereocenters. The summed E-state index contributed by atoms with van der Waals surface area (Å²) < 4.78 is 0. The molecule has 34 heavy (non-hydrogen) atoms. The molecule has 3 aromatic rings. The van der Waals surface area contributed by atoms with Crippen LogP contribution in [0.3, 0.4) is 0 Å². The number of aryl methyl sites for hydroxylation is 1. The summed E-state index contributed by atoms with van der Waals surface area (Å²) in [4.78, 5) is 43.4. The summed E-state index contributed by atoms with van der Waals surface area (Å²) in [5.41, 5.74) is 3.05. The maximum Gasteiger partial charge on any atom is 0.239 e. The van der Waals surface area contributed by atoms with Crippen molar-refractivity contribution in [2.45, 2.75) is 20.8 Å². The van der Waals surface area contributed by atoms with Crippen LogP contribution in [0.25, 0.3) is 11.1 Å². The molecule has 0 spiro atoms. The van der Waals surface area contributed by atoms with Gasteiger partial charge < -0.3 is 0 Å². The van der Waals surface area contributed by atoms with E-state index in [1.807, 2.05) is 106 Å². The van der Waals surface area contributed by atoms with Gasteiger partial charge in [0, 0.05) is 0 Å². The third-order valence-electron chi connectivity index (χ3n) is 8.20. The standard InChI is InChI=1S/C30H25NO3/c1-18-14-16-21(17-15-18)31-26(32)24-25(27(31)33)30(3)23(20-12-8-5-9-13-20)22(29(24,2)28(30)34)19-10-6-4-7-11-19/h4-17,24-25H,1-3H3/t24-,25-,29-,30-/m0/s1. The number of anilines is 1. The number of amides is 2. The predicted molar refractivity (Wildman–Crippen MR) is 132 cm³/mol. The molecule has 3 aliphatic rings. The molecule has 4 nitrogen and oxygen atoms in total. The number of fused-ring (bicyclic) bond motifs is 5. The van der Waals surface area contributed by atoms with E-state index >= 15 is 0 Å². The van der Waals surface area contributed by atoms with E-state index in [1.165, 1.54) is 4.90 Å². The van der Waals surface area contributed by atoms with E-state index in [0.717, 1.165) is 27.8 Å². The van der Waals surface area contributed by atoms with Crippen LogP contribution in [0.15, 0.2) is 84.9 Å². The van der Waals surface area contributed by atoms with Gasteiger partial charge in [-0.1, -0.05) is 78.4 Å². The molecule has 2 bridgehead atoms. The first-order valence-corrected chi connectivity index (χ1v) is 11.7. The highest BCUT2D eigenvalue weighted by atomic mass is 16.2. The van der Waals surface area contributed by atoms with Crippen molar-refractivity contribution in [1.82, 2.24) is 0 Å². The first-order valence-electron chi connectivity index (χ1n) is 11.7. The largest absolute Gasteiger partial charge is 0.298 e. The van der Waals surface area contributed by atoms with Crippen LogP contribution in [0.1, 0.15) is 30.5 Å². The van der Waals surface area contributed by atoms with Gasteiger partial charge in [0.05, 0.1) is 28.4 Å². The number of allylic oxidation sites excluding steroid dienone is 2. The highest BCUT2D eigenvalue weighted by Gasteiger charge is 2.78. The van der Waals surface area contributed by atoms with Crippen molar-refractivity contribution >= 4 is 34.4 Å². The normalized spacial score (nSPS) is 29.9. The number of ketones is 1. The predicted octanol–water partition coefficient (Wildman–Crippen LogP) is 5.32. The van der Waals surface area contributed by atoms with Crippen molar-refractivity contribution in [2.24, 2.45) is 22.7 Å². The van der Waals surface area contributed by atoms with Crippen LogP contribution in [-0.2, 0) is 14.4 Å². The van der Waals surface area contributed by atoms with Crippen molar-refractivity contribution in [3.05, 3.63) is 102 Å². The van der Waals surface area contributed by atoms with E-state index in [0.29, 0.717) is 5.69 Å². The average molecular weight is 448 g/mol. The van der Waals surface area contributed by atoms with Crippen LogP contribution in [0, 0.1) is 29.6 Å². The maximum atomic E-state index is 14.2. The Morgan fingerprint density at radius 2 is 1.03 bits per heavy atom. The first-order chi connectivity index (χ1) is 16.3. The Labute approximate surface area is 198 Å². The van der Waals surface area contributed by atoms with Gasteiger partial charge in [-0.25, -0.2) is 4.90 Å². The third-order valence-corrected chi connectivity index (χ3v) is 8.20. The van der Waals surface area contributed by atoms with Crippen molar-refractivity contribution in [1.29, 1.82) is 0 Å². The zero-order valence-corrected chi connectivity index (χ0v) is 19.4. The van der Waals surface area contributed by atoms with E-state index < -0.39 is 22.7 Å². The Kier molecular flexibility index (Phi) is 4.20. The van der Waals surface area contributed by atoms with Crippen molar-refractivity contribution in [2.75, 3.05) is 4.90 Å². The van der Waals surface area contributed by atoms with Gasteiger partial charge in [-0.15, -0.1) is 0 Å². The number of hydrogen-bond donors (Lipinski definition) is 0. The highest BCUT2D eigenvalue weighted by molar-refractivity contribution is 6.34. The van der Waals surface area contributed by atoms with Gasteiger partial charge in [-0.2, -0.15) is 0 Å². The van der Waals surface area contributed by atoms with Crippen LogP contribution in [-0.4, -0.2) is 17.6 Å². The molecule has 2 fully saturated rings. The number of benzene rings is 3. The van der Waals surface area contributed by atoms with E-state index in [1.54, 1.807) is 0 Å². The summed E-state index contributed by atoms with van der Waals surface area (Å²) in [6, 6.07) is 27.1. The summed E-state index contributed by atoms with van der Waals surface area (Å²) in [5, 5.41) is 0. The second kappa shape index (κ2) is 6.86. The highest BCUT2D eigenvalue weighted by Crippen LogP contribution is 2.73. The average Bonchev–Trinajstić information content (AvgIpc) is 3.30. The van der Waals surface area contributed by atoms with Gasteiger partial charge in [-0.3, -0.25) is 14.4 Å². The molecule has 4 heteroatoms. The number of nitrogens with zero attached hydrogens (tertiary/aromatic N) is 1. The van der Waals surface area contributed by atoms with Gasteiger partial charge in [0.2, 0.25) is 11.8 Å². The molecule has 2 amide bonds. The molecule has 168 valence electrons. The lowest BCUT2D eigenvalue weighted by Gasteiger charge is -2.35.